The second-order valence-corrected chi connectivity index (χ2v) is 4.99. The summed E-state index contributed by atoms with van der Waals surface area (Å²) in [7, 11) is 3.04. The molecule has 2 aromatic rings. The average molecular weight is 313 g/mol. The van der Waals surface area contributed by atoms with Gasteiger partial charge < -0.3 is 9.47 Å². The van der Waals surface area contributed by atoms with Crippen molar-refractivity contribution in [2.75, 3.05) is 14.2 Å². The highest BCUT2D eigenvalue weighted by Gasteiger charge is 2.21. The van der Waals surface area contributed by atoms with Crippen molar-refractivity contribution in [2.45, 2.75) is 11.8 Å². The lowest BCUT2D eigenvalue weighted by atomic mass is 10.0. The van der Waals surface area contributed by atoms with Crippen LogP contribution in [-0.2, 0) is 6.42 Å². The molecule has 0 amide bonds. The molecule has 2 nitrogen and oxygen atoms in total. The quantitative estimate of drug-likeness (QED) is 0.757. The summed E-state index contributed by atoms with van der Waals surface area (Å²) in [6.07, 6.45) is 0.127. The molecular weight excluding hydrogens is 298 g/mol. The van der Waals surface area contributed by atoms with E-state index in [1.165, 1.54) is 26.4 Å². The first-order valence-electron chi connectivity index (χ1n) is 6.36. The fraction of sp³-hybridized carbons (Fsp3) is 0.250. The zero-order chi connectivity index (χ0) is 15.4. The molecular formula is C16H15ClF2O2. The fourth-order valence-corrected chi connectivity index (χ4v) is 2.57. The van der Waals surface area contributed by atoms with E-state index < -0.39 is 17.0 Å². The zero-order valence-corrected chi connectivity index (χ0v) is 12.5. The van der Waals surface area contributed by atoms with Crippen LogP contribution in [0.1, 0.15) is 16.5 Å². The Kier molecular flexibility index (Phi) is 5.02. The number of hydrogen-bond acceptors (Lipinski definition) is 2. The van der Waals surface area contributed by atoms with E-state index in [1.807, 2.05) is 0 Å². The molecule has 0 radical (unpaired) electrons. The van der Waals surface area contributed by atoms with Crippen LogP contribution in [-0.4, -0.2) is 14.2 Å². The van der Waals surface area contributed by atoms with Crippen molar-refractivity contribution in [2.24, 2.45) is 0 Å². The lowest BCUT2D eigenvalue weighted by Crippen LogP contribution is -2.04. The Morgan fingerprint density at radius 2 is 1.57 bits per heavy atom. The summed E-state index contributed by atoms with van der Waals surface area (Å²) in [5, 5.41) is -0.604. The first-order valence-corrected chi connectivity index (χ1v) is 6.80. The van der Waals surface area contributed by atoms with Crippen molar-refractivity contribution < 1.29 is 18.3 Å². The van der Waals surface area contributed by atoms with E-state index in [-0.39, 0.29) is 12.0 Å². The topological polar surface area (TPSA) is 18.5 Å². The summed E-state index contributed by atoms with van der Waals surface area (Å²) in [5.41, 5.74) is 0.829. The van der Waals surface area contributed by atoms with Gasteiger partial charge in [-0.15, -0.1) is 11.6 Å². The van der Waals surface area contributed by atoms with Gasteiger partial charge in [0.05, 0.1) is 25.2 Å². The van der Waals surface area contributed by atoms with Gasteiger partial charge in [-0.05, 0) is 30.2 Å². The third kappa shape index (κ3) is 3.27. The number of methoxy groups -OCH3 is 2. The van der Waals surface area contributed by atoms with Gasteiger partial charge in [-0.3, -0.25) is 0 Å². The Balaban J connectivity index is 2.36. The van der Waals surface area contributed by atoms with Crippen molar-refractivity contribution in [1.29, 1.82) is 0 Å². The second kappa shape index (κ2) is 6.76. The first kappa shape index (κ1) is 15.6. The van der Waals surface area contributed by atoms with E-state index in [9.17, 15) is 8.78 Å². The fourth-order valence-electron chi connectivity index (χ4n) is 2.19. The lowest BCUT2D eigenvalue weighted by Gasteiger charge is -2.17. The summed E-state index contributed by atoms with van der Waals surface area (Å²) in [6, 6.07) is 9.30. The highest BCUT2D eigenvalue weighted by Crippen LogP contribution is 2.39. The second-order valence-electron chi connectivity index (χ2n) is 4.46. The molecule has 1 unspecified atom stereocenters. The minimum atomic E-state index is -0.886. The average Bonchev–Trinajstić information content (AvgIpc) is 2.50. The van der Waals surface area contributed by atoms with Gasteiger partial charge in [-0.1, -0.05) is 18.2 Å². The van der Waals surface area contributed by atoms with Crippen LogP contribution in [0, 0.1) is 11.6 Å². The Morgan fingerprint density at radius 1 is 1.00 bits per heavy atom. The highest BCUT2D eigenvalue weighted by molar-refractivity contribution is 6.21. The standard InChI is InChI=1S/C16H15ClF2O2/c1-20-13-7-4-8-14(21-2)15(13)11(17)9-10-5-3-6-12(18)16(10)19/h3-8,11H,9H2,1-2H3. The van der Waals surface area contributed by atoms with E-state index in [1.54, 1.807) is 18.2 Å². The van der Waals surface area contributed by atoms with Gasteiger partial charge >= 0.3 is 0 Å². The Bertz CT molecular complexity index is 609. The molecule has 0 aromatic heterocycles. The number of benzene rings is 2. The first-order chi connectivity index (χ1) is 10.1. The SMILES string of the molecule is COc1cccc(OC)c1C(Cl)Cc1cccc(F)c1F. The van der Waals surface area contributed by atoms with E-state index in [0.717, 1.165) is 6.07 Å². The molecule has 0 aliphatic carbocycles. The van der Waals surface area contributed by atoms with Crippen molar-refractivity contribution in [1.82, 2.24) is 0 Å². The third-order valence-corrected chi connectivity index (χ3v) is 3.58. The van der Waals surface area contributed by atoms with Crippen LogP contribution < -0.4 is 9.47 Å². The smallest absolute Gasteiger partial charge is 0.162 e. The molecule has 0 heterocycles. The largest absolute Gasteiger partial charge is 0.496 e. The minimum Gasteiger partial charge on any atom is -0.496 e. The molecule has 0 spiro atoms. The van der Waals surface area contributed by atoms with Crippen LogP contribution in [0.2, 0.25) is 0 Å². The maximum atomic E-state index is 13.7. The van der Waals surface area contributed by atoms with Crippen molar-refractivity contribution >= 4 is 11.6 Å². The summed E-state index contributed by atoms with van der Waals surface area (Å²) >= 11 is 6.38. The molecule has 2 aromatic carbocycles. The van der Waals surface area contributed by atoms with Gasteiger partial charge in [-0.2, -0.15) is 0 Å². The highest BCUT2D eigenvalue weighted by atomic mass is 35.5. The molecule has 0 aliphatic rings. The van der Waals surface area contributed by atoms with Gasteiger partial charge in [0, 0.05) is 0 Å². The number of alkyl halides is 1. The summed E-state index contributed by atoms with van der Waals surface area (Å²) in [4.78, 5) is 0. The molecule has 2 rings (SSSR count). The summed E-state index contributed by atoms with van der Waals surface area (Å²) in [5.74, 6) is -0.669. The number of ether oxygens (including phenoxy) is 2. The molecule has 0 N–H and O–H groups in total. The normalized spacial score (nSPS) is 12.0. The van der Waals surface area contributed by atoms with E-state index in [4.69, 9.17) is 21.1 Å². The van der Waals surface area contributed by atoms with Crippen LogP contribution in [0.5, 0.6) is 11.5 Å². The van der Waals surface area contributed by atoms with Crippen LogP contribution in [0.25, 0.3) is 0 Å². The Hall–Kier alpha value is -1.81. The molecule has 0 saturated carbocycles. The van der Waals surface area contributed by atoms with Gasteiger partial charge in [0.2, 0.25) is 0 Å². The van der Waals surface area contributed by atoms with Gasteiger partial charge in [0.15, 0.2) is 11.6 Å². The Labute approximate surface area is 127 Å². The molecule has 0 bridgehead atoms. The number of halogens is 3. The van der Waals surface area contributed by atoms with Gasteiger partial charge in [-0.25, -0.2) is 8.78 Å². The van der Waals surface area contributed by atoms with Crippen molar-refractivity contribution in [3.63, 3.8) is 0 Å². The van der Waals surface area contributed by atoms with E-state index in [2.05, 4.69) is 0 Å². The van der Waals surface area contributed by atoms with Crippen LogP contribution in [0.15, 0.2) is 36.4 Å². The summed E-state index contributed by atoms with van der Waals surface area (Å²) in [6.45, 7) is 0. The molecule has 0 fully saturated rings. The molecule has 0 saturated heterocycles. The van der Waals surface area contributed by atoms with Crippen LogP contribution in [0.4, 0.5) is 8.78 Å². The predicted octanol–water partition coefficient (Wildman–Crippen LogP) is 4.50. The maximum Gasteiger partial charge on any atom is 0.162 e. The van der Waals surface area contributed by atoms with Gasteiger partial charge in [0.1, 0.15) is 11.5 Å². The molecule has 0 aliphatic heterocycles. The molecule has 5 heteroatoms. The number of hydrogen-bond donors (Lipinski definition) is 0. The minimum absolute atomic E-state index is 0.127. The van der Waals surface area contributed by atoms with Crippen LogP contribution in [0.3, 0.4) is 0 Å². The maximum absolute atomic E-state index is 13.7. The molecule has 1 atom stereocenters. The predicted molar refractivity (Wildman–Crippen MR) is 78.2 cm³/mol. The Morgan fingerprint density at radius 3 is 2.14 bits per heavy atom. The van der Waals surface area contributed by atoms with E-state index in [0.29, 0.717) is 17.1 Å². The number of rotatable bonds is 5. The van der Waals surface area contributed by atoms with Crippen LogP contribution >= 0.6 is 11.6 Å². The van der Waals surface area contributed by atoms with Gasteiger partial charge in [0.25, 0.3) is 0 Å². The molecule has 112 valence electrons. The van der Waals surface area contributed by atoms with Crippen molar-refractivity contribution in [3.8, 4) is 11.5 Å². The van der Waals surface area contributed by atoms with Crippen molar-refractivity contribution in [3.05, 3.63) is 59.2 Å². The zero-order valence-electron chi connectivity index (χ0n) is 11.7. The monoisotopic (exact) mass is 312 g/mol. The molecule has 21 heavy (non-hydrogen) atoms. The lowest BCUT2D eigenvalue weighted by molar-refractivity contribution is 0.384. The third-order valence-electron chi connectivity index (χ3n) is 3.21. The summed E-state index contributed by atoms with van der Waals surface area (Å²) < 4.78 is 37.5. The van der Waals surface area contributed by atoms with E-state index >= 15 is 0 Å².